The van der Waals surface area contributed by atoms with E-state index in [-0.39, 0.29) is 5.91 Å². The van der Waals surface area contributed by atoms with Gasteiger partial charge < -0.3 is 4.90 Å². The van der Waals surface area contributed by atoms with Gasteiger partial charge in [0, 0.05) is 13.1 Å². The van der Waals surface area contributed by atoms with E-state index in [1.807, 2.05) is 4.90 Å². The molecule has 1 saturated heterocycles. The van der Waals surface area contributed by atoms with Gasteiger partial charge in [-0.1, -0.05) is 29.8 Å². The number of rotatable bonds is 1. The summed E-state index contributed by atoms with van der Waals surface area (Å²) in [4.78, 5) is 12.8. The van der Waals surface area contributed by atoms with Gasteiger partial charge in [0.25, 0.3) is 0 Å². The van der Waals surface area contributed by atoms with E-state index < -0.39 is 0 Å². The predicted molar refractivity (Wildman–Crippen MR) is 44.2 cm³/mol. The summed E-state index contributed by atoms with van der Waals surface area (Å²) in [5.41, 5.74) is 0.359. The molecule has 0 aromatic heterocycles. The Labute approximate surface area is 69.7 Å². The molecule has 58 valence electrons. The Balaban J connectivity index is 2.33. The van der Waals surface area contributed by atoms with Crippen LogP contribution in [0.2, 0.25) is 0 Å². The highest BCUT2D eigenvalue weighted by Gasteiger charge is 2.36. The molecule has 0 aromatic carbocycles. The van der Waals surface area contributed by atoms with E-state index in [1.54, 1.807) is 0 Å². The Morgan fingerprint density at radius 1 is 1.60 bits per heavy atom. The second-order valence-corrected chi connectivity index (χ2v) is 4.11. The lowest BCUT2D eigenvalue weighted by molar-refractivity contribution is -0.138. The molecule has 0 saturated carbocycles. The fourth-order valence-corrected chi connectivity index (χ4v) is 1.60. The fraction of sp³-hybridized carbons (Fsp3) is 0.857. The minimum Gasteiger partial charge on any atom is -0.341 e. The Hall–Kier alpha value is -0.0500. The first-order valence-electron chi connectivity index (χ1n) is 3.39. The maximum absolute atomic E-state index is 11.0. The molecule has 1 aliphatic heterocycles. The quantitative estimate of drug-likeness (QED) is 0.591. The zero-order valence-electron chi connectivity index (χ0n) is 6.35. The van der Waals surface area contributed by atoms with Crippen LogP contribution in [-0.4, -0.2) is 29.2 Å². The van der Waals surface area contributed by atoms with Gasteiger partial charge in [0.05, 0.1) is 5.33 Å². The second kappa shape index (κ2) is 2.53. The highest BCUT2D eigenvalue weighted by molar-refractivity contribution is 9.09. The third-order valence-corrected chi connectivity index (χ3v) is 2.18. The fourth-order valence-electron chi connectivity index (χ4n) is 1.25. The highest BCUT2D eigenvalue weighted by atomic mass is 79.9. The maximum atomic E-state index is 11.0. The molecule has 0 atom stereocenters. The van der Waals surface area contributed by atoms with Crippen LogP contribution in [0.4, 0.5) is 0 Å². The molecular formula is C7H12BrNO. The third-order valence-electron chi connectivity index (χ3n) is 1.70. The first kappa shape index (κ1) is 8.05. The highest BCUT2D eigenvalue weighted by Crippen LogP contribution is 2.28. The topological polar surface area (TPSA) is 20.3 Å². The molecule has 0 aromatic rings. The lowest BCUT2D eigenvalue weighted by Crippen LogP contribution is -2.55. The summed E-state index contributed by atoms with van der Waals surface area (Å²) < 4.78 is 0. The van der Waals surface area contributed by atoms with E-state index in [0.717, 1.165) is 13.1 Å². The van der Waals surface area contributed by atoms with Crippen LogP contribution in [0, 0.1) is 5.41 Å². The van der Waals surface area contributed by atoms with E-state index in [0.29, 0.717) is 10.7 Å². The summed E-state index contributed by atoms with van der Waals surface area (Å²) in [6, 6.07) is 0. The van der Waals surface area contributed by atoms with Crippen LogP contribution < -0.4 is 0 Å². The van der Waals surface area contributed by atoms with Crippen LogP contribution in [0.25, 0.3) is 0 Å². The van der Waals surface area contributed by atoms with Gasteiger partial charge in [-0.15, -0.1) is 0 Å². The van der Waals surface area contributed by atoms with Crippen molar-refractivity contribution in [3.8, 4) is 0 Å². The Kier molecular flexibility index (Phi) is 2.04. The van der Waals surface area contributed by atoms with Crippen LogP contribution in [0.1, 0.15) is 13.8 Å². The number of amides is 1. The molecule has 1 rings (SSSR count). The van der Waals surface area contributed by atoms with Gasteiger partial charge in [0.2, 0.25) is 5.91 Å². The number of carbonyl (C=O) groups excluding carboxylic acids is 1. The molecule has 3 heteroatoms. The summed E-state index contributed by atoms with van der Waals surface area (Å²) in [5.74, 6) is 0.208. The molecule has 0 spiro atoms. The molecule has 1 aliphatic rings. The number of halogens is 1. The van der Waals surface area contributed by atoms with Crippen molar-refractivity contribution in [2.75, 3.05) is 18.4 Å². The molecule has 1 heterocycles. The number of likely N-dealkylation sites (tertiary alicyclic amines) is 1. The summed E-state index contributed by atoms with van der Waals surface area (Å²) >= 11 is 3.14. The van der Waals surface area contributed by atoms with Gasteiger partial charge in [0.15, 0.2) is 0 Å². The zero-order valence-corrected chi connectivity index (χ0v) is 7.94. The summed E-state index contributed by atoms with van der Waals surface area (Å²) in [6.07, 6.45) is 0. The van der Waals surface area contributed by atoms with Crippen molar-refractivity contribution in [2.45, 2.75) is 13.8 Å². The van der Waals surface area contributed by atoms with Crippen molar-refractivity contribution in [2.24, 2.45) is 5.41 Å². The lowest BCUT2D eigenvalue weighted by Gasteiger charge is -2.45. The van der Waals surface area contributed by atoms with Crippen molar-refractivity contribution in [1.82, 2.24) is 4.90 Å². The van der Waals surface area contributed by atoms with Gasteiger partial charge in [-0.05, 0) is 5.41 Å². The van der Waals surface area contributed by atoms with Crippen LogP contribution in [0.3, 0.4) is 0 Å². The molecule has 0 bridgehead atoms. The molecule has 1 fully saturated rings. The average molecular weight is 206 g/mol. The second-order valence-electron chi connectivity index (χ2n) is 3.55. The molecule has 2 nitrogen and oxygen atoms in total. The van der Waals surface area contributed by atoms with Gasteiger partial charge in [-0.25, -0.2) is 0 Å². The minimum atomic E-state index is 0.208. The van der Waals surface area contributed by atoms with Crippen LogP contribution in [0.5, 0.6) is 0 Å². The average Bonchev–Trinajstić information content (AvgIpc) is 1.81. The maximum Gasteiger partial charge on any atom is 0.233 e. The molecule has 0 N–H and O–H groups in total. The molecule has 0 aliphatic carbocycles. The van der Waals surface area contributed by atoms with Gasteiger partial charge in [-0.2, -0.15) is 0 Å². The minimum absolute atomic E-state index is 0.208. The molecular weight excluding hydrogens is 194 g/mol. The summed E-state index contributed by atoms with van der Waals surface area (Å²) in [7, 11) is 0. The zero-order chi connectivity index (χ0) is 7.78. The van der Waals surface area contributed by atoms with Crippen molar-refractivity contribution in [3.63, 3.8) is 0 Å². The number of hydrogen-bond donors (Lipinski definition) is 0. The van der Waals surface area contributed by atoms with Crippen molar-refractivity contribution in [1.29, 1.82) is 0 Å². The molecule has 1 amide bonds. The van der Waals surface area contributed by atoms with E-state index in [9.17, 15) is 4.79 Å². The van der Waals surface area contributed by atoms with E-state index in [1.165, 1.54) is 0 Å². The molecule has 0 radical (unpaired) electrons. The monoisotopic (exact) mass is 205 g/mol. The van der Waals surface area contributed by atoms with Crippen LogP contribution >= 0.6 is 15.9 Å². The Morgan fingerprint density at radius 2 is 2.10 bits per heavy atom. The Morgan fingerprint density at radius 3 is 2.40 bits per heavy atom. The van der Waals surface area contributed by atoms with Crippen LogP contribution in [0.15, 0.2) is 0 Å². The van der Waals surface area contributed by atoms with Gasteiger partial charge in [-0.3, -0.25) is 4.79 Å². The van der Waals surface area contributed by atoms with E-state index in [2.05, 4.69) is 29.8 Å². The SMILES string of the molecule is CC1(C)CN(C(=O)CBr)C1. The largest absolute Gasteiger partial charge is 0.341 e. The first-order valence-corrected chi connectivity index (χ1v) is 4.51. The van der Waals surface area contributed by atoms with E-state index in [4.69, 9.17) is 0 Å². The first-order chi connectivity index (χ1) is 4.55. The smallest absolute Gasteiger partial charge is 0.233 e. The number of carbonyl (C=O) groups is 1. The van der Waals surface area contributed by atoms with E-state index >= 15 is 0 Å². The summed E-state index contributed by atoms with van der Waals surface area (Å²) in [6.45, 7) is 6.17. The normalized spacial score (nSPS) is 22.1. The number of hydrogen-bond acceptors (Lipinski definition) is 1. The van der Waals surface area contributed by atoms with Crippen LogP contribution in [-0.2, 0) is 4.79 Å². The number of alkyl halides is 1. The van der Waals surface area contributed by atoms with Crippen molar-refractivity contribution in [3.05, 3.63) is 0 Å². The molecule has 0 unspecified atom stereocenters. The van der Waals surface area contributed by atoms with Crippen molar-refractivity contribution >= 4 is 21.8 Å². The standard InChI is InChI=1S/C7H12BrNO/c1-7(2)4-9(5-7)6(10)3-8/h3-5H2,1-2H3. The predicted octanol–water partition coefficient (Wildman–Crippen LogP) is 1.25. The third kappa shape index (κ3) is 1.51. The lowest BCUT2D eigenvalue weighted by atomic mass is 9.84. The van der Waals surface area contributed by atoms with Gasteiger partial charge >= 0.3 is 0 Å². The van der Waals surface area contributed by atoms with Gasteiger partial charge in [0.1, 0.15) is 0 Å². The van der Waals surface area contributed by atoms with Crippen molar-refractivity contribution < 1.29 is 4.79 Å². The molecule has 10 heavy (non-hydrogen) atoms. The Bertz CT molecular complexity index is 148. The summed E-state index contributed by atoms with van der Waals surface area (Å²) in [5, 5.41) is 0.461. The number of nitrogens with zero attached hydrogens (tertiary/aromatic N) is 1.